The number of hydrogen-bond acceptors (Lipinski definition) is 8. The van der Waals surface area contributed by atoms with Crippen LogP contribution in [0.15, 0.2) is 0 Å². The van der Waals surface area contributed by atoms with Gasteiger partial charge in [0.2, 0.25) is 0 Å². The molecule has 0 saturated heterocycles. The van der Waals surface area contributed by atoms with Crippen LogP contribution in [0.25, 0.3) is 0 Å². The molecule has 31 heavy (non-hydrogen) atoms. The number of rotatable bonds is 23. The molecular formula is C22H40O9. The van der Waals surface area contributed by atoms with Gasteiger partial charge < -0.3 is 28.8 Å². The fourth-order valence-corrected chi connectivity index (χ4v) is 2.53. The van der Waals surface area contributed by atoms with Gasteiger partial charge in [-0.05, 0) is 19.3 Å². The molecule has 182 valence electrons. The van der Waals surface area contributed by atoms with Crippen LogP contribution in [0.2, 0.25) is 0 Å². The number of unbranched alkanes of at least 4 members (excludes halogenated alkanes) is 5. The van der Waals surface area contributed by atoms with Crippen molar-refractivity contribution in [2.75, 3.05) is 52.9 Å². The molecule has 0 atom stereocenters. The highest BCUT2D eigenvalue weighted by Crippen LogP contribution is 2.05. The minimum Gasteiger partial charge on any atom is -0.481 e. The molecule has 0 radical (unpaired) electrons. The fourth-order valence-electron chi connectivity index (χ4n) is 2.53. The van der Waals surface area contributed by atoms with Crippen LogP contribution >= 0.6 is 0 Å². The highest BCUT2D eigenvalue weighted by Gasteiger charge is 2.04. The van der Waals surface area contributed by atoms with E-state index in [-0.39, 0.29) is 44.6 Å². The van der Waals surface area contributed by atoms with Gasteiger partial charge in [0.1, 0.15) is 13.2 Å². The summed E-state index contributed by atoms with van der Waals surface area (Å²) in [4.78, 5) is 33.3. The van der Waals surface area contributed by atoms with Crippen molar-refractivity contribution in [1.29, 1.82) is 0 Å². The number of carboxylic acid groups (broad SMARTS) is 1. The Morgan fingerprint density at radius 2 is 0.935 bits per heavy atom. The lowest BCUT2D eigenvalue weighted by molar-refractivity contribution is -0.146. The third-order valence-electron chi connectivity index (χ3n) is 4.23. The summed E-state index contributed by atoms with van der Waals surface area (Å²) in [6.07, 6.45) is 7.25. The monoisotopic (exact) mass is 448 g/mol. The molecule has 0 aliphatic carbocycles. The predicted molar refractivity (Wildman–Crippen MR) is 114 cm³/mol. The third kappa shape index (κ3) is 24.4. The van der Waals surface area contributed by atoms with E-state index in [0.29, 0.717) is 52.3 Å². The molecule has 0 aromatic rings. The Morgan fingerprint density at radius 3 is 1.39 bits per heavy atom. The first kappa shape index (κ1) is 29.3. The number of ether oxygens (including phenoxy) is 5. The molecule has 0 aromatic heterocycles. The second-order valence-electron chi connectivity index (χ2n) is 7.04. The number of hydrogen-bond donors (Lipinski definition) is 1. The molecule has 0 aliphatic heterocycles. The zero-order valence-corrected chi connectivity index (χ0v) is 18.9. The van der Waals surface area contributed by atoms with E-state index in [2.05, 4.69) is 6.92 Å². The number of esters is 2. The van der Waals surface area contributed by atoms with Crippen molar-refractivity contribution in [3.63, 3.8) is 0 Å². The van der Waals surface area contributed by atoms with E-state index < -0.39 is 5.97 Å². The molecule has 0 bridgehead atoms. The van der Waals surface area contributed by atoms with Gasteiger partial charge >= 0.3 is 17.9 Å². The van der Waals surface area contributed by atoms with E-state index in [0.717, 1.165) is 12.8 Å². The Labute approximate surface area is 185 Å². The molecule has 0 aromatic carbocycles. The first-order valence-electron chi connectivity index (χ1n) is 11.3. The Kier molecular flexibility index (Phi) is 21.7. The quantitative estimate of drug-likeness (QED) is 0.186. The van der Waals surface area contributed by atoms with Gasteiger partial charge in [0.15, 0.2) is 0 Å². The summed E-state index contributed by atoms with van der Waals surface area (Å²) >= 11 is 0. The number of carboxylic acids is 1. The van der Waals surface area contributed by atoms with Gasteiger partial charge in [0.25, 0.3) is 0 Å². The van der Waals surface area contributed by atoms with Crippen LogP contribution < -0.4 is 0 Å². The maximum absolute atomic E-state index is 11.5. The van der Waals surface area contributed by atoms with Gasteiger partial charge in [0.05, 0.1) is 39.6 Å². The fraction of sp³-hybridized carbons (Fsp3) is 0.864. The lowest BCUT2D eigenvalue weighted by Gasteiger charge is -2.08. The Balaban J connectivity index is 3.22. The SMILES string of the molecule is CCCCCCCC(=O)OCCOCCOCCOCCOC(=O)CCCCC(=O)O. The van der Waals surface area contributed by atoms with Crippen molar-refractivity contribution in [2.45, 2.75) is 71.1 Å². The van der Waals surface area contributed by atoms with E-state index in [1.807, 2.05) is 0 Å². The van der Waals surface area contributed by atoms with Crippen LogP contribution in [0.5, 0.6) is 0 Å². The molecular weight excluding hydrogens is 408 g/mol. The number of aliphatic carboxylic acids is 1. The van der Waals surface area contributed by atoms with Gasteiger partial charge in [-0.1, -0.05) is 32.6 Å². The topological polar surface area (TPSA) is 118 Å². The molecule has 0 unspecified atom stereocenters. The minimum atomic E-state index is -0.861. The van der Waals surface area contributed by atoms with E-state index in [9.17, 15) is 14.4 Å². The standard InChI is InChI=1S/C22H40O9/c1-2-3-4-5-6-10-21(25)30-18-16-28-14-12-27-13-15-29-17-19-31-22(26)11-8-7-9-20(23)24/h2-19H2,1H3,(H,23,24). The summed E-state index contributed by atoms with van der Waals surface area (Å²) in [5.41, 5.74) is 0. The van der Waals surface area contributed by atoms with Gasteiger partial charge in [-0.15, -0.1) is 0 Å². The maximum Gasteiger partial charge on any atom is 0.305 e. The summed E-state index contributed by atoms with van der Waals surface area (Å²) in [6, 6.07) is 0. The van der Waals surface area contributed by atoms with Crippen LogP contribution in [0.4, 0.5) is 0 Å². The van der Waals surface area contributed by atoms with Crippen molar-refractivity contribution in [3.05, 3.63) is 0 Å². The van der Waals surface area contributed by atoms with E-state index in [4.69, 9.17) is 28.8 Å². The lowest BCUT2D eigenvalue weighted by atomic mass is 10.1. The molecule has 0 heterocycles. The highest BCUT2D eigenvalue weighted by molar-refractivity contribution is 5.70. The zero-order chi connectivity index (χ0) is 23.0. The van der Waals surface area contributed by atoms with Crippen molar-refractivity contribution >= 4 is 17.9 Å². The van der Waals surface area contributed by atoms with Gasteiger partial charge in [-0.2, -0.15) is 0 Å². The lowest BCUT2D eigenvalue weighted by Crippen LogP contribution is -2.15. The molecule has 1 N–H and O–H groups in total. The molecule has 9 nitrogen and oxygen atoms in total. The van der Waals surface area contributed by atoms with Crippen molar-refractivity contribution < 1.29 is 43.2 Å². The van der Waals surface area contributed by atoms with Crippen molar-refractivity contribution in [3.8, 4) is 0 Å². The Bertz CT molecular complexity index is 454. The average molecular weight is 449 g/mol. The number of carbonyl (C=O) groups excluding carboxylic acids is 2. The van der Waals surface area contributed by atoms with Crippen molar-refractivity contribution in [2.24, 2.45) is 0 Å². The van der Waals surface area contributed by atoms with E-state index in [1.54, 1.807) is 0 Å². The van der Waals surface area contributed by atoms with Crippen LogP contribution in [0.3, 0.4) is 0 Å². The second kappa shape index (κ2) is 23.0. The largest absolute Gasteiger partial charge is 0.481 e. The molecule has 0 rings (SSSR count). The highest BCUT2D eigenvalue weighted by atomic mass is 16.6. The summed E-state index contributed by atoms with van der Waals surface area (Å²) < 4.78 is 26.0. The molecule has 0 saturated carbocycles. The molecule has 0 spiro atoms. The third-order valence-corrected chi connectivity index (χ3v) is 4.23. The number of carbonyl (C=O) groups is 3. The predicted octanol–water partition coefficient (Wildman–Crippen LogP) is 3.13. The van der Waals surface area contributed by atoms with Gasteiger partial charge in [-0.25, -0.2) is 0 Å². The average Bonchev–Trinajstić information content (AvgIpc) is 2.74. The van der Waals surface area contributed by atoms with Crippen LogP contribution in [-0.4, -0.2) is 75.9 Å². The van der Waals surface area contributed by atoms with Crippen molar-refractivity contribution in [1.82, 2.24) is 0 Å². The van der Waals surface area contributed by atoms with Crippen LogP contribution in [0, 0.1) is 0 Å². The maximum atomic E-state index is 11.5. The normalized spacial score (nSPS) is 10.7. The summed E-state index contributed by atoms with van der Waals surface area (Å²) in [5.74, 6) is -1.38. The molecule has 0 amide bonds. The first-order chi connectivity index (χ1) is 15.1. The van der Waals surface area contributed by atoms with E-state index >= 15 is 0 Å². The van der Waals surface area contributed by atoms with Crippen LogP contribution in [-0.2, 0) is 38.1 Å². The molecule has 9 heteroatoms. The smallest absolute Gasteiger partial charge is 0.305 e. The summed E-state index contributed by atoms with van der Waals surface area (Å²) in [5, 5.41) is 8.50. The van der Waals surface area contributed by atoms with Gasteiger partial charge in [0, 0.05) is 19.3 Å². The summed E-state index contributed by atoms with van der Waals surface area (Å²) in [6.45, 7) is 4.83. The molecule has 0 fully saturated rings. The first-order valence-corrected chi connectivity index (χ1v) is 11.3. The van der Waals surface area contributed by atoms with Gasteiger partial charge in [-0.3, -0.25) is 14.4 Å². The zero-order valence-electron chi connectivity index (χ0n) is 18.9. The second-order valence-corrected chi connectivity index (χ2v) is 7.04. The van der Waals surface area contributed by atoms with E-state index in [1.165, 1.54) is 19.3 Å². The Hall–Kier alpha value is -1.71. The summed E-state index contributed by atoms with van der Waals surface area (Å²) in [7, 11) is 0. The minimum absolute atomic E-state index is 0.0636. The Morgan fingerprint density at radius 1 is 0.548 bits per heavy atom. The van der Waals surface area contributed by atoms with Crippen LogP contribution in [0.1, 0.15) is 71.1 Å². The molecule has 0 aliphatic rings.